The van der Waals surface area contributed by atoms with E-state index in [4.69, 9.17) is 0 Å². The fourth-order valence-electron chi connectivity index (χ4n) is 2.78. The molecule has 0 radical (unpaired) electrons. The first-order chi connectivity index (χ1) is 11.0. The van der Waals surface area contributed by atoms with Gasteiger partial charge in [0.2, 0.25) is 5.91 Å². The van der Waals surface area contributed by atoms with Crippen LogP contribution in [0.2, 0.25) is 0 Å². The van der Waals surface area contributed by atoms with Crippen LogP contribution in [0, 0.1) is 13.8 Å². The molecule has 120 valence electrons. The molecular weight excluding hydrogens is 290 g/mol. The second-order valence-electron chi connectivity index (χ2n) is 5.75. The SMILES string of the molecule is Cc1nn(C)c(C)c1CCC(=O)NCc1nc2ccccc2[nH]1. The van der Waals surface area contributed by atoms with Gasteiger partial charge < -0.3 is 10.3 Å². The molecule has 0 bridgehead atoms. The lowest BCUT2D eigenvalue weighted by Gasteiger charge is -2.04. The number of aryl methyl sites for hydroxylation is 2. The number of nitrogens with zero attached hydrogens (tertiary/aromatic N) is 3. The van der Waals surface area contributed by atoms with Crippen LogP contribution in [-0.2, 0) is 24.8 Å². The second-order valence-corrected chi connectivity index (χ2v) is 5.75. The van der Waals surface area contributed by atoms with E-state index < -0.39 is 0 Å². The molecule has 0 spiro atoms. The van der Waals surface area contributed by atoms with Crippen LogP contribution in [0.5, 0.6) is 0 Å². The number of rotatable bonds is 5. The lowest BCUT2D eigenvalue weighted by molar-refractivity contribution is -0.121. The number of H-pyrrole nitrogens is 1. The zero-order valence-corrected chi connectivity index (χ0v) is 13.7. The van der Waals surface area contributed by atoms with Crippen molar-refractivity contribution < 1.29 is 4.79 Å². The first-order valence-corrected chi connectivity index (χ1v) is 7.74. The first-order valence-electron chi connectivity index (χ1n) is 7.74. The number of aromatic nitrogens is 4. The van der Waals surface area contributed by atoms with Gasteiger partial charge in [-0.25, -0.2) is 4.98 Å². The van der Waals surface area contributed by atoms with Crippen molar-refractivity contribution in [3.8, 4) is 0 Å². The molecule has 3 aromatic rings. The number of imidazole rings is 1. The number of hydrogen-bond acceptors (Lipinski definition) is 3. The Morgan fingerprint density at radius 1 is 1.30 bits per heavy atom. The average molecular weight is 311 g/mol. The van der Waals surface area contributed by atoms with Crippen molar-refractivity contribution in [2.75, 3.05) is 0 Å². The predicted octanol–water partition coefficient (Wildman–Crippen LogP) is 2.16. The van der Waals surface area contributed by atoms with Crippen molar-refractivity contribution in [1.82, 2.24) is 25.1 Å². The van der Waals surface area contributed by atoms with Crippen LogP contribution in [0.25, 0.3) is 11.0 Å². The number of hydrogen-bond donors (Lipinski definition) is 2. The van der Waals surface area contributed by atoms with Crippen molar-refractivity contribution in [3.63, 3.8) is 0 Å². The molecule has 0 aliphatic carbocycles. The Hall–Kier alpha value is -2.63. The maximum Gasteiger partial charge on any atom is 0.220 e. The molecule has 0 unspecified atom stereocenters. The third-order valence-corrected chi connectivity index (χ3v) is 4.15. The van der Waals surface area contributed by atoms with Crippen LogP contribution in [-0.4, -0.2) is 25.7 Å². The Bertz CT molecular complexity index is 813. The highest BCUT2D eigenvalue weighted by Crippen LogP contribution is 2.14. The van der Waals surface area contributed by atoms with Crippen LogP contribution in [0.4, 0.5) is 0 Å². The van der Waals surface area contributed by atoms with Gasteiger partial charge in [0.1, 0.15) is 5.82 Å². The van der Waals surface area contributed by atoms with E-state index in [2.05, 4.69) is 20.4 Å². The Balaban J connectivity index is 1.55. The Morgan fingerprint density at radius 3 is 2.78 bits per heavy atom. The van der Waals surface area contributed by atoms with Gasteiger partial charge in [-0.3, -0.25) is 9.48 Å². The second kappa shape index (κ2) is 6.24. The van der Waals surface area contributed by atoms with E-state index in [1.807, 2.05) is 49.8 Å². The van der Waals surface area contributed by atoms with E-state index in [0.29, 0.717) is 19.4 Å². The number of para-hydroxylation sites is 2. The number of aromatic amines is 1. The zero-order valence-electron chi connectivity index (χ0n) is 13.7. The summed E-state index contributed by atoms with van der Waals surface area (Å²) in [5, 5.41) is 7.29. The summed E-state index contributed by atoms with van der Waals surface area (Å²) in [5.41, 5.74) is 5.17. The molecule has 0 aliphatic heterocycles. The number of carbonyl (C=O) groups excluding carboxylic acids is 1. The predicted molar refractivity (Wildman–Crippen MR) is 88.9 cm³/mol. The van der Waals surface area contributed by atoms with E-state index in [0.717, 1.165) is 33.8 Å². The topological polar surface area (TPSA) is 75.6 Å². The molecule has 0 fully saturated rings. The molecule has 3 rings (SSSR count). The molecule has 2 heterocycles. The van der Waals surface area contributed by atoms with Gasteiger partial charge in [-0.05, 0) is 38.0 Å². The molecule has 2 N–H and O–H groups in total. The minimum absolute atomic E-state index is 0.0214. The van der Waals surface area contributed by atoms with Crippen molar-refractivity contribution in [2.45, 2.75) is 33.2 Å². The summed E-state index contributed by atoms with van der Waals surface area (Å²) in [6.07, 6.45) is 1.16. The van der Waals surface area contributed by atoms with Gasteiger partial charge in [0.05, 0.1) is 23.3 Å². The third-order valence-electron chi connectivity index (χ3n) is 4.15. The molecular formula is C17H21N5O. The van der Waals surface area contributed by atoms with E-state index in [-0.39, 0.29) is 5.91 Å². The smallest absolute Gasteiger partial charge is 0.220 e. The highest BCUT2D eigenvalue weighted by atomic mass is 16.1. The quantitative estimate of drug-likeness (QED) is 0.758. The summed E-state index contributed by atoms with van der Waals surface area (Å²) >= 11 is 0. The Kier molecular flexibility index (Phi) is 4.14. The lowest BCUT2D eigenvalue weighted by Crippen LogP contribution is -2.23. The number of fused-ring (bicyclic) bond motifs is 1. The van der Waals surface area contributed by atoms with Crippen LogP contribution in [0.1, 0.15) is 29.2 Å². The van der Waals surface area contributed by atoms with Gasteiger partial charge in [0, 0.05) is 19.2 Å². The normalized spacial score (nSPS) is 11.1. The molecule has 6 heteroatoms. The molecule has 0 saturated heterocycles. The summed E-state index contributed by atoms with van der Waals surface area (Å²) < 4.78 is 1.86. The van der Waals surface area contributed by atoms with Gasteiger partial charge in [-0.2, -0.15) is 5.10 Å². The van der Waals surface area contributed by atoms with Gasteiger partial charge >= 0.3 is 0 Å². The summed E-state index contributed by atoms with van der Waals surface area (Å²) in [4.78, 5) is 19.7. The van der Waals surface area contributed by atoms with E-state index >= 15 is 0 Å². The van der Waals surface area contributed by atoms with Crippen LogP contribution >= 0.6 is 0 Å². The maximum absolute atomic E-state index is 12.1. The zero-order chi connectivity index (χ0) is 16.4. The molecule has 6 nitrogen and oxygen atoms in total. The monoisotopic (exact) mass is 311 g/mol. The fraction of sp³-hybridized carbons (Fsp3) is 0.353. The van der Waals surface area contributed by atoms with Crippen molar-refractivity contribution in [1.29, 1.82) is 0 Å². The van der Waals surface area contributed by atoms with E-state index in [1.165, 1.54) is 0 Å². The number of nitrogens with one attached hydrogen (secondary N) is 2. The third kappa shape index (κ3) is 3.26. The van der Waals surface area contributed by atoms with Crippen LogP contribution < -0.4 is 5.32 Å². The Morgan fingerprint density at radius 2 is 2.09 bits per heavy atom. The summed E-state index contributed by atoms with van der Waals surface area (Å²) in [5.74, 6) is 0.793. The average Bonchev–Trinajstić information content (AvgIpc) is 3.05. The van der Waals surface area contributed by atoms with Crippen molar-refractivity contribution in [3.05, 3.63) is 47.0 Å². The highest BCUT2D eigenvalue weighted by molar-refractivity contribution is 5.77. The number of benzene rings is 1. The van der Waals surface area contributed by atoms with Gasteiger partial charge in [-0.15, -0.1) is 0 Å². The molecule has 1 aromatic carbocycles. The van der Waals surface area contributed by atoms with Crippen molar-refractivity contribution in [2.24, 2.45) is 7.05 Å². The lowest BCUT2D eigenvalue weighted by atomic mass is 10.1. The molecule has 0 atom stereocenters. The first kappa shape index (κ1) is 15.3. The largest absolute Gasteiger partial charge is 0.349 e. The van der Waals surface area contributed by atoms with Gasteiger partial charge in [0.25, 0.3) is 0 Å². The minimum atomic E-state index is 0.0214. The molecule has 23 heavy (non-hydrogen) atoms. The molecule has 0 aliphatic rings. The minimum Gasteiger partial charge on any atom is -0.349 e. The highest BCUT2D eigenvalue weighted by Gasteiger charge is 2.11. The van der Waals surface area contributed by atoms with Crippen LogP contribution in [0.3, 0.4) is 0 Å². The molecule has 0 saturated carbocycles. The summed E-state index contributed by atoms with van der Waals surface area (Å²) in [7, 11) is 1.92. The van der Waals surface area contributed by atoms with Crippen LogP contribution in [0.15, 0.2) is 24.3 Å². The summed E-state index contributed by atoms with van der Waals surface area (Å²) in [6.45, 7) is 4.43. The summed E-state index contributed by atoms with van der Waals surface area (Å²) in [6, 6.07) is 7.83. The van der Waals surface area contributed by atoms with Crippen molar-refractivity contribution >= 4 is 16.9 Å². The Labute approximate surface area is 134 Å². The maximum atomic E-state index is 12.1. The van der Waals surface area contributed by atoms with E-state index in [1.54, 1.807) is 0 Å². The number of amides is 1. The van der Waals surface area contributed by atoms with Gasteiger partial charge in [-0.1, -0.05) is 12.1 Å². The molecule has 2 aromatic heterocycles. The van der Waals surface area contributed by atoms with Gasteiger partial charge in [0.15, 0.2) is 0 Å². The van der Waals surface area contributed by atoms with E-state index in [9.17, 15) is 4.79 Å². The standard InChI is InChI=1S/C17H21N5O/c1-11-13(12(2)22(3)21-11)8-9-17(23)18-10-16-19-14-6-4-5-7-15(14)20-16/h4-7H,8-10H2,1-3H3,(H,18,23)(H,19,20). The number of carbonyl (C=O) groups is 1. The fourth-order valence-corrected chi connectivity index (χ4v) is 2.78. The molecule has 1 amide bonds.